The van der Waals surface area contributed by atoms with E-state index in [4.69, 9.17) is 0 Å². The zero-order valence-electron chi connectivity index (χ0n) is 15.1. The molecule has 0 saturated heterocycles. The highest BCUT2D eigenvalue weighted by atomic mass is 32.2. The average Bonchev–Trinajstić information content (AvgIpc) is 3.06. The summed E-state index contributed by atoms with van der Waals surface area (Å²) in [6.07, 6.45) is 0.503. The Balaban J connectivity index is 1.69. The summed E-state index contributed by atoms with van der Waals surface area (Å²) in [5.41, 5.74) is 0.953. The maximum Gasteiger partial charge on any atom is 0.229 e. The first-order valence-electron chi connectivity index (χ1n) is 8.62. The van der Waals surface area contributed by atoms with Crippen LogP contribution < -0.4 is 4.90 Å². The van der Waals surface area contributed by atoms with Crippen LogP contribution in [-0.4, -0.2) is 48.7 Å². The molecule has 0 atom stereocenters. The summed E-state index contributed by atoms with van der Waals surface area (Å²) in [5, 5.41) is 0.794. The van der Waals surface area contributed by atoms with E-state index in [9.17, 15) is 4.79 Å². The number of carbonyl (C=O) groups excluding carboxylic acids is 1. The van der Waals surface area contributed by atoms with Gasteiger partial charge in [0.05, 0.1) is 10.2 Å². The molecule has 0 aliphatic heterocycles. The van der Waals surface area contributed by atoms with Gasteiger partial charge in [0.25, 0.3) is 0 Å². The molecule has 1 amide bonds. The molecule has 2 aromatic carbocycles. The number of hydrogen-bond donors (Lipinski definition) is 0. The SMILES string of the molecule is CN(C)CCN(C(=O)CCSc1ccccc1)c1nc2ccccc2s1. The molecule has 0 fully saturated rings. The first kappa shape index (κ1) is 18.9. The summed E-state index contributed by atoms with van der Waals surface area (Å²) in [6, 6.07) is 18.2. The molecule has 0 aliphatic carbocycles. The van der Waals surface area contributed by atoms with Crippen molar-refractivity contribution in [3.05, 3.63) is 54.6 Å². The largest absolute Gasteiger partial charge is 0.308 e. The van der Waals surface area contributed by atoms with E-state index in [1.165, 1.54) is 4.90 Å². The predicted octanol–water partition coefficient (Wildman–Crippen LogP) is 4.37. The molecule has 0 saturated carbocycles. The van der Waals surface area contributed by atoms with Gasteiger partial charge in [0.2, 0.25) is 5.91 Å². The second-order valence-corrected chi connectivity index (χ2v) is 8.40. The average molecular weight is 386 g/mol. The molecule has 0 aliphatic rings. The molecule has 1 aromatic heterocycles. The maximum atomic E-state index is 12.9. The number of para-hydroxylation sites is 1. The molecule has 6 heteroatoms. The summed E-state index contributed by atoms with van der Waals surface area (Å²) < 4.78 is 1.11. The van der Waals surface area contributed by atoms with Crippen LogP contribution in [-0.2, 0) is 4.79 Å². The predicted molar refractivity (Wildman–Crippen MR) is 112 cm³/mol. The molecule has 4 nitrogen and oxygen atoms in total. The van der Waals surface area contributed by atoms with Crippen LogP contribution in [0, 0.1) is 0 Å². The monoisotopic (exact) mass is 385 g/mol. The van der Waals surface area contributed by atoms with Gasteiger partial charge in [0, 0.05) is 30.2 Å². The number of thioether (sulfide) groups is 1. The minimum atomic E-state index is 0.134. The fraction of sp³-hybridized carbons (Fsp3) is 0.300. The molecule has 1 heterocycles. The van der Waals surface area contributed by atoms with Crippen molar-refractivity contribution in [2.75, 3.05) is 37.8 Å². The van der Waals surface area contributed by atoms with E-state index >= 15 is 0 Å². The third-order valence-corrected chi connectivity index (χ3v) is 5.99. The summed E-state index contributed by atoms with van der Waals surface area (Å²) in [4.78, 5) is 22.7. The van der Waals surface area contributed by atoms with E-state index in [0.717, 1.165) is 27.6 Å². The Hall–Kier alpha value is -1.89. The number of nitrogens with zero attached hydrogens (tertiary/aromatic N) is 3. The molecule has 3 rings (SSSR count). The van der Waals surface area contributed by atoms with E-state index in [2.05, 4.69) is 28.1 Å². The highest BCUT2D eigenvalue weighted by molar-refractivity contribution is 7.99. The zero-order valence-corrected chi connectivity index (χ0v) is 16.7. The van der Waals surface area contributed by atoms with Crippen molar-refractivity contribution in [1.29, 1.82) is 0 Å². The van der Waals surface area contributed by atoms with Crippen molar-refractivity contribution in [2.24, 2.45) is 0 Å². The Kier molecular flexibility index (Phi) is 6.66. The number of benzene rings is 2. The Morgan fingerprint density at radius 2 is 1.77 bits per heavy atom. The topological polar surface area (TPSA) is 36.4 Å². The lowest BCUT2D eigenvalue weighted by molar-refractivity contribution is -0.118. The number of aromatic nitrogens is 1. The summed E-state index contributed by atoms with van der Waals surface area (Å²) in [5.74, 6) is 0.904. The number of fused-ring (bicyclic) bond motifs is 1. The van der Waals surface area contributed by atoms with Crippen LogP contribution in [0.4, 0.5) is 5.13 Å². The maximum absolute atomic E-state index is 12.9. The lowest BCUT2D eigenvalue weighted by Gasteiger charge is -2.22. The summed E-state index contributed by atoms with van der Waals surface area (Å²) in [6.45, 7) is 1.47. The van der Waals surface area contributed by atoms with Gasteiger partial charge < -0.3 is 4.90 Å². The van der Waals surface area contributed by atoms with Crippen molar-refractivity contribution < 1.29 is 4.79 Å². The van der Waals surface area contributed by atoms with Crippen LogP contribution in [0.15, 0.2) is 59.5 Å². The number of likely N-dealkylation sites (N-methyl/N-ethyl adjacent to an activating group) is 1. The second-order valence-electron chi connectivity index (χ2n) is 6.22. The van der Waals surface area contributed by atoms with Gasteiger partial charge in [-0.1, -0.05) is 41.7 Å². The van der Waals surface area contributed by atoms with E-state index in [1.54, 1.807) is 23.1 Å². The Bertz CT molecular complexity index is 815. The molecule has 0 N–H and O–H groups in total. The molecule has 3 aromatic rings. The van der Waals surface area contributed by atoms with E-state index in [0.29, 0.717) is 13.0 Å². The van der Waals surface area contributed by atoms with Gasteiger partial charge in [0.15, 0.2) is 5.13 Å². The standard InChI is InChI=1S/C20H23N3OS2/c1-22(2)13-14-23(20-21-17-10-6-7-11-18(17)26-20)19(24)12-15-25-16-8-4-3-5-9-16/h3-11H,12-15H2,1-2H3. The van der Waals surface area contributed by atoms with Crippen LogP contribution in [0.25, 0.3) is 10.2 Å². The van der Waals surface area contributed by atoms with Crippen molar-refractivity contribution in [1.82, 2.24) is 9.88 Å². The van der Waals surface area contributed by atoms with E-state index < -0.39 is 0 Å². The van der Waals surface area contributed by atoms with Crippen LogP contribution in [0.1, 0.15) is 6.42 Å². The van der Waals surface area contributed by atoms with Gasteiger partial charge >= 0.3 is 0 Å². The smallest absolute Gasteiger partial charge is 0.229 e. The van der Waals surface area contributed by atoms with Gasteiger partial charge in [-0.05, 0) is 38.4 Å². The van der Waals surface area contributed by atoms with Gasteiger partial charge in [-0.3, -0.25) is 9.69 Å². The molecular formula is C20H23N3OS2. The van der Waals surface area contributed by atoms with Crippen molar-refractivity contribution in [2.45, 2.75) is 11.3 Å². The number of thiazole rings is 1. The van der Waals surface area contributed by atoms with Crippen LogP contribution in [0.5, 0.6) is 0 Å². The van der Waals surface area contributed by atoms with Crippen LogP contribution in [0.3, 0.4) is 0 Å². The molecule has 0 spiro atoms. The Labute approximate surface area is 162 Å². The van der Waals surface area contributed by atoms with Crippen molar-refractivity contribution >= 4 is 44.4 Å². The van der Waals surface area contributed by atoms with Gasteiger partial charge in [0.1, 0.15) is 0 Å². The minimum absolute atomic E-state index is 0.134. The lowest BCUT2D eigenvalue weighted by Crippen LogP contribution is -2.36. The Morgan fingerprint density at radius 1 is 1.04 bits per heavy atom. The van der Waals surface area contributed by atoms with E-state index in [-0.39, 0.29) is 5.91 Å². The Morgan fingerprint density at radius 3 is 2.50 bits per heavy atom. The fourth-order valence-electron chi connectivity index (χ4n) is 2.51. The number of hydrogen-bond acceptors (Lipinski definition) is 5. The number of amides is 1. The highest BCUT2D eigenvalue weighted by Crippen LogP contribution is 2.29. The summed E-state index contributed by atoms with van der Waals surface area (Å²) in [7, 11) is 4.04. The molecule has 0 bridgehead atoms. The third kappa shape index (κ3) is 5.06. The van der Waals surface area contributed by atoms with Crippen molar-refractivity contribution in [3.8, 4) is 0 Å². The van der Waals surface area contributed by atoms with E-state index in [1.807, 2.05) is 55.4 Å². The van der Waals surface area contributed by atoms with Crippen LogP contribution >= 0.6 is 23.1 Å². The van der Waals surface area contributed by atoms with Gasteiger partial charge in [-0.15, -0.1) is 11.8 Å². The molecule has 26 heavy (non-hydrogen) atoms. The molecule has 0 unspecified atom stereocenters. The molecule has 0 radical (unpaired) electrons. The zero-order chi connectivity index (χ0) is 18.4. The lowest BCUT2D eigenvalue weighted by atomic mass is 10.3. The fourth-order valence-corrected chi connectivity index (χ4v) is 4.38. The summed E-state index contributed by atoms with van der Waals surface area (Å²) >= 11 is 3.30. The quantitative estimate of drug-likeness (QED) is 0.540. The number of carbonyl (C=O) groups is 1. The van der Waals surface area contributed by atoms with Gasteiger partial charge in [-0.25, -0.2) is 4.98 Å². The first-order valence-corrected chi connectivity index (χ1v) is 10.4. The number of rotatable bonds is 8. The van der Waals surface area contributed by atoms with Gasteiger partial charge in [-0.2, -0.15) is 0 Å². The normalized spacial score (nSPS) is 11.2. The van der Waals surface area contributed by atoms with Crippen LogP contribution in [0.2, 0.25) is 0 Å². The molecular weight excluding hydrogens is 362 g/mol. The third-order valence-electron chi connectivity index (χ3n) is 3.91. The minimum Gasteiger partial charge on any atom is -0.308 e. The number of anilines is 1. The second kappa shape index (κ2) is 9.16. The first-order chi connectivity index (χ1) is 12.6. The molecule has 136 valence electrons. The highest BCUT2D eigenvalue weighted by Gasteiger charge is 2.19. The van der Waals surface area contributed by atoms with Crippen molar-refractivity contribution in [3.63, 3.8) is 0 Å².